The van der Waals surface area contributed by atoms with Crippen LogP contribution in [0.25, 0.3) is 11.1 Å². The molecule has 0 fully saturated rings. The molecular weight excluding hydrogens is 490 g/mol. The molecule has 38 heavy (non-hydrogen) atoms. The quantitative estimate of drug-likeness (QED) is 0.360. The summed E-state index contributed by atoms with van der Waals surface area (Å²) in [5, 5.41) is 8.94. The van der Waals surface area contributed by atoms with Crippen LogP contribution >= 0.6 is 0 Å². The van der Waals surface area contributed by atoms with E-state index >= 15 is 0 Å². The first-order valence-electron chi connectivity index (χ1n) is 12.6. The van der Waals surface area contributed by atoms with Gasteiger partial charge in [-0.1, -0.05) is 6.07 Å². The molecule has 0 aliphatic heterocycles. The Labute approximate surface area is 223 Å². The highest BCUT2D eigenvalue weighted by Crippen LogP contribution is 2.50. The van der Waals surface area contributed by atoms with Crippen LogP contribution in [0, 0.1) is 0 Å². The van der Waals surface area contributed by atoms with Crippen molar-refractivity contribution in [3.05, 3.63) is 45.6 Å². The number of nitrogens with one attached hydrogen (secondary N) is 3. The first-order chi connectivity index (χ1) is 18.3. The SMILES string of the molecule is COCCNC(=O)CCCNc1ccc2c(cc1=O)[C@@H](NC(C)=O)CCc1cc(OC)c(OC)c(OC)c1-2. The van der Waals surface area contributed by atoms with Crippen LogP contribution in [0.2, 0.25) is 0 Å². The Balaban J connectivity index is 2.00. The maximum absolute atomic E-state index is 13.3. The molecule has 10 heteroatoms. The van der Waals surface area contributed by atoms with E-state index in [1.165, 1.54) is 6.92 Å². The predicted octanol–water partition coefficient (Wildman–Crippen LogP) is 2.82. The fraction of sp³-hybridized carbons (Fsp3) is 0.464. The molecule has 1 atom stereocenters. The van der Waals surface area contributed by atoms with Gasteiger partial charge in [0.15, 0.2) is 11.5 Å². The molecule has 206 valence electrons. The van der Waals surface area contributed by atoms with Crippen molar-refractivity contribution in [2.75, 3.05) is 53.5 Å². The Morgan fingerprint density at radius 2 is 1.76 bits per heavy atom. The van der Waals surface area contributed by atoms with Gasteiger partial charge in [-0.25, -0.2) is 0 Å². The number of ether oxygens (including phenoxy) is 4. The summed E-state index contributed by atoms with van der Waals surface area (Å²) in [6, 6.07) is 6.71. The highest BCUT2D eigenvalue weighted by atomic mass is 16.5. The molecule has 10 nitrogen and oxygen atoms in total. The van der Waals surface area contributed by atoms with Gasteiger partial charge >= 0.3 is 0 Å². The van der Waals surface area contributed by atoms with E-state index < -0.39 is 0 Å². The average molecular weight is 528 g/mol. The molecule has 0 bridgehead atoms. The van der Waals surface area contributed by atoms with Gasteiger partial charge in [0.2, 0.25) is 23.0 Å². The molecular formula is C28H37N3O7. The molecule has 1 aliphatic carbocycles. The van der Waals surface area contributed by atoms with E-state index in [1.807, 2.05) is 12.1 Å². The van der Waals surface area contributed by atoms with Crippen molar-refractivity contribution in [3.63, 3.8) is 0 Å². The molecule has 0 saturated carbocycles. The minimum Gasteiger partial charge on any atom is -0.493 e. The van der Waals surface area contributed by atoms with Crippen molar-refractivity contribution in [3.8, 4) is 28.4 Å². The fourth-order valence-corrected chi connectivity index (χ4v) is 4.71. The Morgan fingerprint density at radius 1 is 1.00 bits per heavy atom. The number of aryl methyl sites for hydroxylation is 1. The van der Waals surface area contributed by atoms with Crippen LogP contribution in [0.5, 0.6) is 17.2 Å². The molecule has 1 aliphatic rings. The van der Waals surface area contributed by atoms with Crippen LogP contribution in [0.15, 0.2) is 29.1 Å². The van der Waals surface area contributed by atoms with Crippen molar-refractivity contribution < 1.29 is 28.5 Å². The number of benzene rings is 1. The van der Waals surface area contributed by atoms with E-state index in [-0.39, 0.29) is 23.3 Å². The van der Waals surface area contributed by atoms with E-state index in [4.69, 9.17) is 18.9 Å². The third kappa shape index (κ3) is 6.74. The zero-order valence-corrected chi connectivity index (χ0v) is 22.7. The van der Waals surface area contributed by atoms with Crippen LogP contribution in [-0.4, -0.2) is 59.9 Å². The molecule has 0 saturated heterocycles. The van der Waals surface area contributed by atoms with Crippen LogP contribution in [0.1, 0.15) is 43.4 Å². The smallest absolute Gasteiger partial charge is 0.220 e. The van der Waals surface area contributed by atoms with Gasteiger partial charge in [0, 0.05) is 39.1 Å². The van der Waals surface area contributed by atoms with Crippen molar-refractivity contribution in [2.45, 2.75) is 38.6 Å². The maximum Gasteiger partial charge on any atom is 0.220 e. The Hall–Kier alpha value is -3.79. The van der Waals surface area contributed by atoms with Gasteiger partial charge in [-0.05, 0) is 54.2 Å². The highest BCUT2D eigenvalue weighted by Gasteiger charge is 2.29. The first kappa shape index (κ1) is 28.8. The topological polar surface area (TPSA) is 124 Å². The number of methoxy groups -OCH3 is 4. The largest absolute Gasteiger partial charge is 0.493 e. The normalized spacial score (nSPS) is 13.9. The fourth-order valence-electron chi connectivity index (χ4n) is 4.71. The number of carbonyl (C=O) groups is 2. The molecule has 0 unspecified atom stereocenters. The van der Waals surface area contributed by atoms with E-state index in [0.29, 0.717) is 73.9 Å². The monoisotopic (exact) mass is 527 g/mol. The average Bonchev–Trinajstić information content (AvgIpc) is 3.14. The standard InChI is InChI=1S/C28H37N3O7/c1-17(32)31-21-10-8-18-15-24(36-3)27(37-4)28(38-5)26(18)19-9-11-22(23(33)16-20(19)21)29-12-6-7-25(34)30-13-14-35-2/h9,11,15-16,21H,6-8,10,12-14H2,1-5H3,(H,29,33)(H,30,34)(H,31,32)/t21-/m0/s1. The molecule has 2 aromatic carbocycles. The number of rotatable bonds is 12. The molecule has 0 aromatic heterocycles. The Morgan fingerprint density at radius 3 is 2.42 bits per heavy atom. The van der Waals surface area contributed by atoms with Crippen molar-refractivity contribution in [2.24, 2.45) is 0 Å². The third-order valence-corrected chi connectivity index (χ3v) is 6.44. The Bertz CT molecular complexity index is 1220. The zero-order chi connectivity index (χ0) is 27.7. The number of hydrogen-bond acceptors (Lipinski definition) is 8. The summed E-state index contributed by atoms with van der Waals surface area (Å²) in [6.45, 7) is 2.83. The second kappa shape index (κ2) is 13.7. The lowest BCUT2D eigenvalue weighted by Crippen LogP contribution is -2.27. The zero-order valence-electron chi connectivity index (χ0n) is 22.7. The lowest BCUT2D eigenvalue weighted by molar-refractivity contribution is -0.121. The maximum atomic E-state index is 13.3. The second-order valence-electron chi connectivity index (χ2n) is 8.97. The summed E-state index contributed by atoms with van der Waals surface area (Å²) in [4.78, 5) is 37.3. The molecule has 2 aromatic rings. The second-order valence-corrected chi connectivity index (χ2v) is 8.97. The summed E-state index contributed by atoms with van der Waals surface area (Å²) in [6.07, 6.45) is 2.10. The molecule has 3 N–H and O–H groups in total. The van der Waals surface area contributed by atoms with E-state index in [2.05, 4.69) is 16.0 Å². The summed E-state index contributed by atoms with van der Waals surface area (Å²) >= 11 is 0. The van der Waals surface area contributed by atoms with Crippen LogP contribution in [-0.2, 0) is 20.7 Å². The molecule has 2 amide bonds. The number of hydrogen-bond donors (Lipinski definition) is 3. The lowest BCUT2D eigenvalue weighted by Gasteiger charge is -2.19. The predicted molar refractivity (Wildman–Crippen MR) is 145 cm³/mol. The van der Waals surface area contributed by atoms with Crippen molar-refractivity contribution >= 4 is 17.5 Å². The van der Waals surface area contributed by atoms with E-state index in [9.17, 15) is 14.4 Å². The molecule has 0 heterocycles. The minimum absolute atomic E-state index is 0.0669. The summed E-state index contributed by atoms with van der Waals surface area (Å²) in [5.74, 6) is 1.24. The van der Waals surface area contributed by atoms with Gasteiger partial charge < -0.3 is 34.9 Å². The molecule has 3 rings (SSSR count). The molecule has 0 spiro atoms. The minimum atomic E-state index is -0.375. The van der Waals surface area contributed by atoms with Crippen molar-refractivity contribution in [1.82, 2.24) is 10.6 Å². The van der Waals surface area contributed by atoms with Gasteiger partial charge in [-0.3, -0.25) is 14.4 Å². The summed E-state index contributed by atoms with van der Waals surface area (Å²) < 4.78 is 21.9. The van der Waals surface area contributed by atoms with Gasteiger partial charge in [-0.2, -0.15) is 0 Å². The van der Waals surface area contributed by atoms with Gasteiger partial charge in [0.05, 0.1) is 39.7 Å². The number of carbonyl (C=O) groups excluding carboxylic acids is 2. The van der Waals surface area contributed by atoms with Crippen LogP contribution in [0.4, 0.5) is 5.69 Å². The molecule has 0 radical (unpaired) electrons. The Kier molecular flexibility index (Phi) is 10.3. The summed E-state index contributed by atoms with van der Waals surface area (Å²) in [5.41, 5.74) is 3.40. The van der Waals surface area contributed by atoms with Gasteiger partial charge in [-0.15, -0.1) is 0 Å². The van der Waals surface area contributed by atoms with E-state index in [1.54, 1.807) is 40.6 Å². The van der Waals surface area contributed by atoms with Crippen LogP contribution in [0.3, 0.4) is 0 Å². The van der Waals surface area contributed by atoms with Crippen molar-refractivity contribution in [1.29, 1.82) is 0 Å². The third-order valence-electron chi connectivity index (χ3n) is 6.44. The van der Waals surface area contributed by atoms with Gasteiger partial charge in [0.1, 0.15) is 0 Å². The van der Waals surface area contributed by atoms with Gasteiger partial charge in [0.25, 0.3) is 0 Å². The highest BCUT2D eigenvalue weighted by molar-refractivity contribution is 5.83. The van der Waals surface area contributed by atoms with E-state index in [0.717, 1.165) is 16.7 Å². The number of anilines is 1. The number of fused-ring (bicyclic) bond motifs is 3. The number of amides is 2. The lowest BCUT2D eigenvalue weighted by atomic mass is 9.95. The van der Waals surface area contributed by atoms with Crippen LogP contribution < -0.4 is 35.6 Å². The first-order valence-corrected chi connectivity index (χ1v) is 12.6. The summed E-state index contributed by atoms with van der Waals surface area (Å²) in [7, 11) is 6.26.